The lowest BCUT2D eigenvalue weighted by molar-refractivity contribution is 0.677. The molecule has 0 aromatic rings. The van der Waals surface area contributed by atoms with E-state index in [1.807, 2.05) is 5.57 Å². The van der Waals surface area contributed by atoms with Gasteiger partial charge in [-0.05, 0) is 37.0 Å². The van der Waals surface area contributed by atoms with Crippen LogP contribution in [0, 0.1) is 17.8 Å². The molecule has 0 saturated heterocycles. The molecule has 0 aromatic carbocycles. The fraction of sp³-hybridized carbons (Fsp3) is 0.750. The van der Waals surface area contributed by atoms with Crippen LogP contribution in [0.5, 0.6) is 0 Å². The molecule has 0 spiro atoms. The molecule has 3 aliphatic carbocycles. The monoisotopic (exact) mass is 106 g/mol. The van der Waals surface area contributed by atoms with E-state index < -0.39 is 0 Å². The average Bonchev–Trinajstić information content (AvgIpc) is 2.11. The second-order valence-corrected chi connectivity index (χ2v) is 3.41. The van der Waals surface area contributed by atoms with Crippen molar-refractivity contribution in [3.63, 3.8) is 0 Å². The van der Waals surface area contributed by atoms with E-state index in [0.717, 1.165) is 11.8 Å². The molecular weight excluding hydrogens is 96.1 g/mol. The van der Waals surface area contributed by atoms with E-state index in [0.29, 0.717) is 0 Å². The maximum Gasteiger partial charge on any atom is -0.0138 e. The molecular formula is C8H10. The van der Waals surface area contributed by atoms with E-state index in [1.165, 1.54) is 25.2 Å². The van der Waals surface area contributed by atoms with Gasteiger partial charge in [-0.15, -0.1) is 0 Å². The lowest BCUT2D eigenvalue weighted by atomic mass is 10.2. The molecule has 3 aliphatic rings. The lowest BCUT2D eigenvalue weighted by Crippen LogP contribution is -1.76. The van der Waals surface area contributed by atoms with Crippen molar-refractivity contribution in [2.24, 2.45) is 17.8 Å². The molecule has 3 atom stereocenters. The van der Waals surface area contributed by atoms with E-state index in [-0.39, 0.29) is 0 Å². The smallest absolute Gasteiger partial charge is 0.0138 e. The Kier molecular flexibility index (Phi) is 0.415. The number of hydrogen-bond acceptors (Lipinski definition) is 0. The minimum atomic E-state index is 1.12. The van der Waals surface area contributed by atoms with Gasteiger partial charge in [-0.3, -0.25) is 0 Å². The molecule has 0 aromatic heterocycles. The van der Waals surface area contributed by atoms with Gasteiger partial charge < -0.3 is 0 Å². The summed E-state index contributed by atoms with van der Waals surface area (Å²) >= 11 is 0. The Bertz CT molecular complexity index is 167. The van der Waals surface area contributed by atoms with Crippen LogP contribution in [0.4, 0.5) is 0 Å². The zero-order valence-electron chi connectivity index (χ0n) is 4.93. The Balaban J connectivity index is 2.15. The SMILES string of the molecule is C1=C2CCC3C2[C@H]3C1. The molecule has 42 valence electrons. The first kappa shape index (κ1) is 3.71. The molecule has 0 nitrogen and oxygen atoms in total. The normalized spacial score (nSPS) is 56.0. The van der Waals surface area contributed by atoms with E-state index in [2.05, 4.69) is 6.08 Å². The second-order valence-electron chi connectivity index (χ2n) is 3.41. The minimum absolute atomic E-state index is 1.12. The first-order valence-corrected chi connectivity index (χ1v) is 3.66. The number of allylic oxidation sites excluding steroid dienone is 2. The standard InChI is InChI=1S/C8H10/c1-3-6-7-4-2-5(1)8(6)7/h1,6-8H,2-4H2/t6-,7?,8?/m0/s1. The van der Waals surface area contributed by atoms with Gasteiger partial charge in [0.1, 0.15) is 0 Å². The minimum Gasteiger partial charge on any atom is -0.0847 e. The number of fused-ring (bicyclic) bond motifs is 1. The lowest BCUT2D eigenvalue weighted by Gasteiger charge is -1.89. The predicted molar refractivity (Wildman–Crippen MR) is 32.4 cm³/mol. The van der Waals surface area contributed by atoms with E-state index in [4.69, 9.17) is 0 Å². The predicted octanol–water partition coefficient (Wildman–Crippen LogP) is 1.97. The zero-order valence-corrected chi connectivity index (χ0v) is 4.93. The molecule has 8 heavy (non-hydrogen) atoms. The highest BCUT2D eigenvalue weighted by molar-refractivity contribution is 5.31. The molecule has 0 aliphatic heterocycles. The Morgan fingerprint density at radius 3 is 3.00 bits per heavy atom. The molecule has 0 heterocycles. The molecule has 2 saturated carbocycles. The summed E-state index contributed by atoms with van der Waals surface area (Å²) in [5, 5.41) is 0. The summed E-state index contributed by atoms with van der Waals surface area (Å²) < 4.78 is 0. The van der Waals surface area contributed by atoms with Crippen molar-refractivity contribution >= 4 is 0 Å². The largest absolute Gasteiger partial charge is 0.0847 e. The van der Waals surface area contributed by atoms with E-state index >= 15 is 0 Å². The van der Waals surface area contributed by atoms with Crippen LogP contribution in [0.1, 0.15) is 19.3 Å². The highest BCUT2D eigenvalue weighted by Gasteiger charge is 2.57. The van der Waals surface area contributed by atoms with Crippen LogP contribution in [-0.4, -0.2) is 0 Å². The molecule has 2 unspecified atom stereocenters. The van der Waals surface area contributed by atoms with Gasteiger partial charge in [-0.25, -0.2) is 0 Å². The zero-order chi connectivity index (χ0) is 5.14. The van der Waals surface area contributed by atoms with Crippen molar-refractivity contribution in [2.75, 3.05) is 0 Å². The molecule has 0 heteroatoms. The highest BCUT2D eigenvalue weighted by Crippen LogP contribution is 2.65. The third kappa shape index (κ3) is 0.229. The van der Waals surface area contributed by atoms with Crippen molar-refractivity contribution in [1.82, 2.24) is 0 Å². The Morgan fingerprint density at radius 1 is 1.38 bits per heavy atom. The maximum atomic E-state index is 2.48. The Morgan fingerprint density at radius 2 is 2.38 bits per heavy atom. The molecule has 0 radical (unpaired) electrons. The maximum absolute atomic E-state index is 2.48. The van der Waals surface area contributed by atoms with Gasteiger partial charge in [0.25, 0.3) is 0 Å². The second kappa shape index (κ2) is 0.896. The van der Waals surface area contributed by atoms with Crippen LogP contribution in [-0.2, 0) is 0 Å². The van der Waals surface area contributed by atoms with Gasteiger partial charge in [0.2, 0.25) is 0 Å². The quantitative estimate of drug-likeness (QED) is 0.414. The third-order valence-corrected chi connectivity index (χ3v) is 3.18. The summed E-state index contributed by atoms with van der Waals surface area (Å²) in [6.07, 6.45) is 6.90. The number of hydrogen-bond donors (Lipinski definition) is 0. The van der Waals surface area contributed by atoms with Crippen LogP contribution >= 0.6 is 0 Å². The van der Waals surface area contributed by atoms with Crippen LogP contribution in [0.2, 0.25) is 0 Å². The topological polar surface area (TPSA) is 0 Å². The van der Waals surface area contributed by atoms with Gasteiger partial charge in [0.05, 0.1) is 0 Å². The van der Waals surface area contributed by atoms with Crippen molar-refractivity contribution in [2.45, 2.75) is 19.3 Å². The van der Waals surface area contributed by atoms with Crippen LogP contribution in [0.25, 0.3) is 0 Å². The Hall–Kier alpha value is -0.260. The van der Waals surface area contributed by atoms with Gasteiger partial charge in [-0.2, -0.15) is 0 Å². The first-order chi connectivity index (χ1) is 3.97. The van der Waals surface area contributed by atoms with Crippen LogP contribution < -0.4 is 0 Å². The van der Waals surface area contributed by atoms with Gasteiger partial charge in [-0.1, -0.05) is 11.6 Å². The van der Waals surface area contributed by atoms with Gasteiger partial charge in [0.15, 0.2) is 0 Å². The fourth-order valence-corrected chi connectivity index (χ4v) is 2.74. The first-order valence-electron chi connectivity index (χ1n) is 3.66. The molecule has 0 bridgehead atoms. The molecule has 0 amide bonds. The van der Waals surface area contributed by atoms with Crippen LogP contribution in [0.3, 0.4) is 0 Å². The van der Waals surface area contributed by atoms with Crippen molar-refractivity contribution in [3.05, 3.63) is 11.6 Å². The summed E-state index contributed by atoms with van der Waals surface area (Å²) in [4.78, 5) is 0. The van der Waals surface area contributed by atoms with Gasteiger partial charge in [0, 0.05) is 0 Å². The molecule has 3 rings (SSSR count). The number of rotatable bonds is 0. The van der Waals surface area contributed by atoms with Crippen molar-refractivity contribution < 1.29 is 0 Å². The summed E-state index contributed by atoms with van der Waals surface area (Å²) in [5.74, 6) is 3.45. The average molecular weight is 106 g/mol. The summed E-state index contributed by atoms with van der Waals surface area (Å²) in [7, 11) is 0. The summed E-state index contributed by atoms with van der Waals surface area (Å²) in [6.45, 7) is 0. The fourth-order valence-electron chi connectivity index (χ4n) is 2.74. The highest BCUT2D eigenvalue weighted by atomic mass is 14.6. The summed E-state index contributed by atoms with van der Waals surface area (Å²) in [6, 6.07) is 0. The van der Waals surface area contributed by atoms with Crippen molar-refractivity contribution in [1.29, 1.82) is 0 Å². The van der Waals surface area contributed by atoms with E-state index in [9.17, 15) is 0 Å². The van der Waals surface area contributed by atoms with Crippen LogP contribution in [0.15, 0.2) is 11.6 Å². The molecule has 2 fully saturated rings. The summed E-state index contributed by atoms with van der Waals surface area (Å²) in [5.41, 5.74) is 1.82. The third-order valence-electron chi connectivity index (χ3n) is 3.18. The van der Waals surface area contributed by atoms with Gasteiger partial charge >= 0.3 is 0 Å². The molecule has 0 N–H and O–H groups in total. The Labute approximate surface area is 49.6 Å². The van der Waals surface area contributed by atoms with Crippen molar-refractivity contribution in [3.8, 4) is 0 Å². The van der Waals surface area contributed by atoms with E-state index in [1.54, 1.807) is 0 Å².